The van der Waals surface area contributed by atoms with Gasteiger partial charge in [0.25, 0.3) is 0 Å². The highest BCUT2D eigenvalue weighted by atomic mass is 16.2. The van der Waals surface area contributed by atoms with Crippen LogP contribution in [0.1, 0.15) is 40.4 Å². The molecule has 0 saturated heterocycles. The minimum Gasteiger partial charge on any atom is -0.355 e. The summed E-state index contributed by atoms with van der Waals surface area (Å²) in [6, 6.07) is 21.3. The Morgan fingerprint density at radius 2 is 1.81 bits per heavy atom. The SMILES string of the molecule is C/C(=C(\Nc1ccc2c(c1)CCN2C(=O)CCN(C)C)c1ccccc1)c1ccc(C=O)cc1NC=O. The number of hydrogen-bond donors (Lipinski definition) is 2. The molecule has 0 fully saturated rings. The number of nitrogens with one attached hydrogen (secondary N) is 2. The largest absolute Gasteiger partial charge is 0.355 e. The molecule has 0 unspecified atom stereocenters. The summed E-state index contributed by atoms with van der Waals surface area (Å²) in [4.78, 5) is 39.2. The fourth-order valence-electron chi connectivity index (χ4n) is 4.60. The predicted molar refractivity (Wildman–Crippen MR) is 150 cm³/mol. The van der Waals surface area contributed by atoms with Crippen LogP contribution in [0.5, 0.6) is 0 Å². The van der Waals surface area contributed by atoms with Gasteiger partial charge in [0.05, 0.1) is 0 Å². The van der Waals surface area contributed by atoms with Crippen molar-refractivity contribution in [3.05, 3.63) is 89.0 Å². The zero-order valence-corrected chi connectivity index (χ0v) is 21.5. The molecule has 1 aliphatic heterocycles. The highest BCUT2D eigenvalue weighted by Crippen LogP contribution is 2.35. The Morgan fingerprint density at radius 1 is 1.03 bits per heavy atom. The summed E-state index contributed by atoms with van der Waals surface area (Å²) in [5.74, 6) is 0.142. The summed E-state index contributed by atoms with van der Waals surface area (Å²) in [6.45, 7) is 3.40. The maximum atomic E-state index is 12.8. The zero-order valence-electron chi connectivity index (χ0n) is 21.5. The second kappa shape index (κ2) is 11.7. The van der Waals surface area contributed by atoms with E-state index in [1.807, 2.05) is 79.3 Å². The number of allylic oxidation sites excluding steroid dienone is 1. The number of hydrogen-bond acceptors (Lipinski definition) is 5. The van der Waals surface area contributed by atoms with E-state index in [1.54, 1.807) is 12.1 Å². The van der Waals surface area contributed by atoms with Crippen LogP contribution in [0.4, 0.5) is 17.1 Å². The quantitative estimate of drug-likeness (QED) is 0.308. The Hall–Kier alpha value is -4.23. The number of benzene rings is 3. The molecule has 3 aromatic carbocycles. The van der Waals surface area contributed by atoms with Crippen LogP contribution in [0, 0.1) is 0 Å². The molecule has 0 saturated carbocycles. The highest BCUT2D eigenvalue weighted by molar-refractivity contribution is 6.00. The molecule has 0 aromatic heterocycles. The monoisotopic (exact) mass is 496 g/mol. The molecule has 190 valence electrons. The number of nitrogens with zero attached hydrogens (tertiary/aromatic N) is 2. The molecule has 1 aliphatic rings. The van der Waals surface area contributed by atoms with Crippen molar-refractivity contribution < 1.29 is 14.4 Å². The molecule has 2 N–H and O–H groups in total. The number of aldehydes is 1. The van der Waals surface area contributed by atoms with Gasteiger partial charge in [0.1, 0.15) is 6.29 Å². The minimum absolute atomic E-state index is 0.142. The van der Waals surface area contributed by atoms with Crippen LogP contribution in [-0.4, -0.2) is 50.7 Å². The van der Waals surface area contributed by atoms with Gasteiger partial charge in [0, 0.05) is 53.4 Å². The van der Waals surface area contributed by atoms with E-state index in [-0.39, 0.29) is 5.91 Å². The Kier molecular flexibility index (Phi) is 8.15. The van der Waals surface area contributed by atoms with Crippen LogP contribution in [0.25, 0.3) is 11.3 Å². The molecule has 3 aromatic rings. The summed E-state index contributed by atoms with van der Waals surface area (Å²) >= 11 is 0. The summed E-state index contributed by atoms with van der Waals surface area (Å²) in [5.41, 5.74) is 7.64. The first-order chi connectivity index (χ1) is 17.9. The summed E-state index contributed by atoms with van der Waals surface area (Å²) in [5, 5.41) is 6.32. The number of rotatable bonds is 10. The van der Waals surface area contributed by atoms with Crippen molar-refractivity contribution in [3.63, 3.8) is 0 Å². The first-order valence-electron chi connectivity index (χ1n) is 12.3. The van der Waals surface area contributed by atoms with Gasteiger partial charge in [-0.05, 0) is 68.4 Å². The van der Waals surface area contributed by atoms with Crippen LogP contribution < -0.4 is 15.5 Å². The molecule has 0 radical (unpaired) electrons. The molecule has 37 heavy (non-hydrogen) atoms. The molecular weight excluding hydrogens is 464 g/mol. The van der Waals surface area contributed by atoms with Gasteiger partial charge in [-0.25, -0.2) is 0 Å². The summed E-state index contributed by atoms with van der Waals surface area (Å²) in [7, 11) is 3.94. The smallest absolute Gasteiger partial charge is 0.228 e. The van der Waals surface area contributed by atoms with E-state index in [4.69, 9.17) is 0 Å². The summed E-state index contributed by atoms with van der Waals surface area (Å²) in [6.07, 6.45) is 2.67. The third kappa shape index (κ3) is 5.95. The Balaban J connectivity index is 1.69. The van der Waals surface area contributed by atoms with Crippen molar-refractivity contribution in [2.45, 2.75) is 19.8 Å². The molecule has 0 bridgehead atoms. The Labute approximate surface area is 217 Å². The average molecular weight is 497 g/mol. The molecular formula is C30H32N4O3. The maximum absolute atomic E-state index is 12.8. The number of fused-ring (bicyclic) bond motifs is 1. The molecule has 0 spiro atoms. The van der Waals surface area contributed by atoms with Crippen LogP contribution in [0.15, 0.2) is 66.7 Å². The molecule has 7 heteroatoms. The normalized spacial score (nSPS) is 13.1. The van der Waals surface area contributed by atoms with Gasteiger partial charge >= 0.3 is 0 Å². The molecule has 0 aliphatic carbocycles. The zero-order chi connectivity index (χ0) is 26.4. The molecule has 4 rings (SSSR count). The van der Waals surface area contributed by atoms with Crippen molar-refractivity contribution in [2.24, 2.45) is 0 Å². The van der Waals surface area contributed by atoms with E-state index < -0.39 is 0 Å². The number of carbonyl (C=O) groups excluding carboxylic acids is 3. The maximum Gasteiger partial charge on any atom is 0.228 e. The predicted octanol–water partition coefficient (Wildman–Crippen LogP) is 4.91. The lowest BCUT2D eigenvalue weighted by molar-refractivity contribution is -0.118. The highest BCUT2D eigenvalue weighted by Gasteiger charge is 2.25. The lowest BCUT2D eigenvalue weighted by Gasteiger charge is -2.20. The topological polar surface area (TPSA) is 81.8 Å². The van der Waals surface area contributed by atoms with Gasteiger partial charge in [-0.3, -0.25) is 14.4 Å². The standard InChI is InChI=1S/C30H32N4O3/c1-21(26-11-9-22(19-35)17-27(26)31-20-36)30(23-7-5-4-6-8-23)32-25-10-12-28-24(18-25)13-16-34(28)29(37)14-15-33(2)3/h4-12,17-20,32H,13-16H2,1-3H3,(H,31,36)/b30-21+. The van der Waals surface area contributed by atoms with E-state index in [0.717, 1.165) is 58.6 Å². The molecule has 0 atom stereocenters. The third-order valence-corrected chi connectivity index (χ3v) is 6.55. The van der Waals surface area contributed by atoms with Crippen LogP contribution in [0.2, 0.25) is 0 Å². The number of anilines is 3. The average Bonchev–Trinajstić information content (AvgIpc) is 3.34. The van der Waals surface area contributed by atoms with Crippen LogP contribution >= 0.6 is 0 Å². The van der Waals surface area contributed by atoms with E-state index in [1.165, 1.54) is 0 Å². The third-order valence-electron chi connectivity index (χ3n) is 6.55. The van der Waals surface area contributed by atoms with Gasteiger partial charge in [-0.1, -0.05) is 42.5 Å². The molecule has 2 amide bonds. The van der Waals surface area contributed by atoms with E-state index >= 15 is 0 Å². The van der Waals surface area contributed by atoms with Gasteiger partial charge in [-0.2, -0.15) is 0 Å². The van der Waals surface area contributed by atoms with Crippen molar-refractivity contribution in [1.82, 2.24) is 4.90 Å². The van der Waals surface area contributed by atoms with Gasteiger partial charge in [-0.15, -0.1) is 0 Å². The first-order valence-corrected chi connectivity index (χ1v) is 12.3. The van der Waals surface area contributed by atoms with Crippen molar-refractivity contribution in [3.8, 4) is 0 Å². The van der Waals surface area contributed by atoms with E-state index in [0.29, 0.717) is 30.6 Å². The Morgan fingerprint density at radius 3 is 2.51 bits per heavy atom. The van der Waals surface area contributed by atoms with E-state index in [9.17, 15) is 14.4 Å². The summed E-state index contributed by atoms with van der Waals surface area (Å²) < 4.78 is 0. The van der Waals surface area contributed by atoms with Crippen molar-refractivity contribution in [2.75, 3.05) is 42.7 Å². The number of amides is 2. The van der Waals surface area contributed by atoms with E-state index in [2.05, 4.69) is 16.7 Å². The van der Waals surface area contributed by atoms with Gasteiger partial charge < -0.3 is 20.4 Å². The van der Waals surface area contributed by atoms with Crippen LogP contribution in [0.3, 0.4) is 0 Å². The second-order valence-electron chi connectivity index (χ2n) is 9.37. The van der Waals surface area contributed by atoms with Crippen molar-refractivity contribution >= 4 is 46.9 Å². The Bertz CT molecular complexity index is 1330. The van der Waals surface area contributed by atoms with Gasteiger partial charge in [0.2, 0.25) is 12.3 Å². The lowest BCUT2D eigenvalue weighted by atomic mass is 9.97. The second-order valence-corrected chi connectivity index (χ2v) is 9.37. The minimum atomic E-state index is 0.142. The van der Waals surface area contributed by atoms with Crippen molar-refractivity contribution in [1.29, 1.82) is 0 Å². The molecule has 7 nitrogen and oxygen atoms in total. The van der Waals surface area contributed by atoms with Crippen LogP contribution in [-0.2, 0) is 16.0 Å². The fraction of sp³-hybridized carbons (Fsp3) is 0.233. The fourth-order valence-corrected chi connectivity index (χ4v) is 4.60. The molecule has 1 heterocycles. The first kappa shape index (κ1) is 25.9. The lowest BCUT2D eigenvalue weighted by Crippen LogP contribution is -2.31. The van der Waals surface area contributed by atoms with Gasteiger partial charge in [0.15, 0.2) is 0 Å². The number of carbonyl (C=O) groups is 3.